The van der Waals surface area contributed by atoms with Gasteiger partial charge in [0.2, 0.25) is 0 Å². The maximum atomic E-state index is 5.95. The Balaban J connectivity index is 1.81. The molecule has 1 unspecified atom stereocenters. The van der Waals surface area contributed by atoms with E-state index in [4.69, 9.17) is 5.73 Å². The quantitative estimate of drug-likeness (QED) is 0.930. The van der Waals surface area contributed by atoms with Crippen LogP contribution in [0.2, 0.25) is 0 Å². The van der Waals surface area contributed by atoms with Crippen molar-refractivity contribution in [2.75, 3.05) is 13.1 Å². The molecule has 4 heteroatoms. The van der Waals surface area contributed by atoms with Crippen LogP contribution in [-0.2, 0) is 6.54 Å². The van der Waals surface area contributed by atoms with Crippen LogP contribution in [0.15, 0.2) is 15.2 Å². The van der Waals surface area contributed by atoms with Gasteiger partial charge < -0.3 is 5.73 Å². The Morgan fingerprint density at radius 2 is 2.25 bits per heavy atom. The molecule has 2 nitrogen and oxygen atoms in total. The molecule has 0 bridgehead atoms. The number of halogens is 1. The van der Waals surface area contributed by atoms with E-state index in [-0.39, 0.29) is 0 Å². The van der Waals surface area contributed by atoms with Crippen LogP contribution in [0.4, 0.5) is 0 Å². The fourth-order valence-electron chi connectivity index (χ4n) is 2.32. The summed E-state index contributed by atoms with van der Waals surface area (Å²) in [5.74, 6) is 0.727. The van der Waals surface area contributed by atoms with Gasteiger partial charge in [0.05, 0.1) is 3.79 Å². The normalized spacial score (nSPS) is 21.2. The number of thiophene rings is 1. The summed E-state index contributed by atoms with van der Waals surface area (Å²) in [5.41, 5.74) is 7.37. The zero-order chi connectivity index (χ0) is 11.5. The molecule has 1 saturated heterocycles. The van der Waals surface area contributed by atoms with E-state index in [1.54, 1.807) is 11.3 Å². The van der Waals surface area contributed by atoms with Gasteiger partial charge in [0.25, 0.3) is 0 Å². The fraction of sp³-hybridized carbons (Fsp3) is 0.667. The average molecular weight is 303 g/mol. The van der Waals surface area contributed by atoms with E-state index < -0.39 is 0 Å². The van der Waals surface area contributed by atoms with Crippen molar-refractivity contribution in [3.8, 4) is 0 Å². The molecule has 0 aliphatic carbocycles. The van der Waals surface area contributed by atoms with Crippen LogP contribution in [0.3, 0.4) is 0 Å². The minimum Gasteiger partial charge on any atom is -0.328 e. The lowest BCUT2D eigenvalue weighted by molar-refractivity contribution is 0.166. The van der Waals surface area contributed by atoms with Gasteiger partial charge in [-0.15, -0.1) is 11.3 Å². The largest absolute Gasteiger partial charge is 0.328 e. The number of rotatable bonds is 3. The van der Waals surface area contributed by atoms with Crippen LogP contribution in [0, 0.1) is 5.92 Å². The van der Waals surface area contributed by atoms with Crippen LogP contribution < -0.4 is 5.73 Å². The Hall–Kier alpha value is 0.100. The van der Waals surface area contributed by atoms with Crippen molar-refractivity contribution in [1.29, 1.82) is 0 Å². The van der Waals surface area contributed by atoms with Gasteiger partial charge in [-0.1, -0.05) is 0 Å². The molecule has 0 saturated carbocycles. The number of likely N-dealkylation sites (tertiary alicyclic amines) is 1. The summed E-state index contributed by atoms with van der Waals surface area (Å²) in [7, 11) is 0. The van der Waals surface area contributed by atoms with Crippen LogP contribution in [-0.4, -0.2) is 24.0 Å². The molecule has 2 rings (SSSR count). The first-order chi connectivity index (χ1) is 7.65. The van der Waals surface area contributed by atoms with Gasteiger partial charge in [-0.25, -0.2) is 0 Å². The molecule has 1 fully saturated rings. The van der Waals surface area contributed by atoms with Crippen molar-refractivity contribution in [1.82, 2.24) is 4.90 Å². The molecule has 90 valence electrons. The number of hydrogen-bond donors (Lipinski definition) is 1. The lowest BCUT2D eigenvalue weighted by Gasteiger charge is -2.33. The van der Waals surface area contributed by atoms with Crippen molar-refractivity contribution < 1.29 is 0 Å². The molecule has 0 aromatic carbocycles. The van der Waals surface area contributed by atoms with Crippen molar-refractivity contribution in [2.24, 2.45) is 11.7 Å². The predicted octanol–water partition coefficient (Wildman–Crippen LogP) is 3.07. The third-order valence-electron chi connectivity index (χ3n) is 3.40. The first kappa shape index (κ1) is 12.6. The number of nitrogens with two attached hydrogens (primary N) is 1. The van der Waals surface area contributed by atoms with E-state index in [1.165, 1.54) is 35.3 Å². The molecule has 1 atom stereocenters. The van der Waals surface area contributed by atoms with E-state index in [9.17, 15) is 0 Å². The molecule has 16 heavy (non-hydrogen) atoms. The third kappa shape index (κ3) is 3.29. The zero-order valence-electron chi connectivity index (χ0n) is 9.66. The summed E-state index contributed by atoms with van der Waals surface area (Å²) in [6.45, 7) is 5.61. The average Bonchev–Trinajstić information content (AvgIpc) is 2.65. The second-order valence-electron chi connectivity index (χ2n) is 4.73. The van der Waals surface area contributed by atoms with E-state index in [1.807, 2.05) is 0 Å². The lowest BCUT2D eigenvalue weighted by atomic mass is 9.91. The molecule has 1 aliphatic rings. The first-order valence-corrected chi connectivity index (χ1v) is 7.53. The minimum atomic E-state index is 0.359. The van der Waals surface area contributed by atoms with Crippen molar-refractivity contribution in [3.63, 3.8) is 0 Å². The van der Waals surface area contributed by atoms with Gasteiger partial charge in [0, 0.05) is 12.6 Å². The van der Waals surface area contributed by atoms with E-state index in [2.05, 4.69) is 39.2 Å². The van der Waals surface area contributed by atoms with Crippen LogP contribution >= 0.6 is 27.3 Å². The molecule has 1 aliphatic heterocycles. The number of piperidine rings is 1. The SMILES string of the molecule is CC(N)C1CCN(Cc2csc(Br)c2)CC1. The molecule has 2 heterocycles. The minimum absolute atomic E-state index is 0.359. The van der Waals surface area contributed by atoms with Crippen molar-refractivity contribution in [2.45, 2.75) is 32.4 Å². The van der Waals surface area contributed by atoms with Gasteiger partial charge >= 0.3 is 0 Å². The predicted molar refractivity (Wildman–Crippen MR) is 73.7 cm³/mol. The topological polar surface area (TPSA) is 29.3 Å². The summed E-state index contributed by atoms with van der Waals surface area (Å²) in [4.78, 5) is 2.54. The highest BCUT2D eigenvalue weighted by Gasteiger charge is 2.21. The van der Waals surface area contributed by atoms with E-state index in [0.717, 1.165) is 12.5 Å². The second kappa shape index (κ2) is 5.63. The Morgan fingerprint density at radius 1 is 1.56 bits per heavy atom. The molecule has 2 N–H and O–H groups in total. The summed E-state index contributed by atoms with van der Waals surface area (Å²) in [5, 5.41) is 2.24. The monoisotopic (exact) mass is 302 g/mol. The first-order valence-electron chi connectivity index (χ1n) is 5.86. The number of hydrogen-bond acceptors (Lipinski definition) is 3. The van der Waals surface area contributed by atoms with E-state index in [0.29, 0.717) is 6.04 Å². The highest BCUT2D eigenvalue weighted by atomic mass is 79.9. The van der Waals surface area contributed by atoms with E-state index >= 15 is 0 Å². The smallest absolute Gasteiger partial charge is 0.0701 e. The number of nitrogens with zero attached hydrogens (tertiary/aromatic N) is 1. The molecule has 1 aromatic heterocycles. The molecule has 0 amide bonds. The molecule has 1 aromatic rings. The molecular formula is C12H19BrN2S. The standard InChI is InChI=1S/C12H19BrN2S/c1-9(14)11-2-4-15(5-3-11)7-10-6-12(13)16-8-10/h6,8-9,11H,2-5,7,14H2,1H3. The highest BCUT2D eigenvalue weighted by Crippen LogP contribution is 2.24. The summed E-state index contributed by atoms with van der Waals surface area (Å²) in [6, 6.07) is 2.58. The van der Waals surface area contributed by atoms with Crippen LogP contribution in [0.1, 0.15) is 25.3 Å². The van der Waals surface area contributed by atoms with Crippen molar-refractivity contribution >= 4 is 27.3 Å². The lowest BCUT2D eigenvalue weighted by Crippen LogP contribution is -2.39. The fourth-order valence-corrected chi connectivity index (χ4v) is 3.52. The Morgan fingerprint density at radius 3 is 2.75 bits per heavy atom. The molecular weight excluding hydrogens is 284 g/mol. The molecule has 0 spiro atoms. The Labute approximate surface area is 110 Å². The van der Waals surface area contributed by atoms with Crippen LogP contribution in [0.25, 0.3) is 0 Å². The summed E-state index contributed by atoms with van der Waals surface area (Å²) < 4.78 is 1.23. The zero-order valence-corrected chi connectivity index (χ0v) is 12.1. The Kier molecular flexibility index (Phi) is 4.41. The molecule has 0 radical (unpaired) electrons. The summed E-state index contributed by atoms with van der Waals surface area (Å²) >= 11 is 5.28. The van der Waals surface area contributed by atoms with Gasteiger partial charge in [-0.3, -0.25) is 4.90 Å². The maximum Gasteiger partial charge on any atom is 0.0701 e. The van der Waals surface area contributed by atoms with Crippen LogP contribution in [0.5, 0.6) is 0 Å². The summed E-state index contributed by atoms with van der Waals surface area (Å²) in [6.07, 6.45) is 2.51. The maximum absolute atomic E-state index is 5.95. The second-order valence-corrected chi connectivity index (χ2v) is 7.02. The highest BCUT2D eigenvalue weighted by molar-refractivity contribution is 9.11. The Bertz CT molecular complexity index is 330. The van der Waals surface area contributed by atoms with Gasteiger partial charge in [-0.05, 0) is 71.7 Å². The van der Waals surface area contributed by atoms with Crippen molar-refractivity contribution in [3.05, 3.63) is 20.8 Å². The third-order valence-corrected chi connectivity index (χ3v) is 4.96. The van der Waals surface area contributed by atoms with Gasteiger partial charge in [0.1, 0.15) is 0 Å². The van der Waals surface area contributed by atoms with Gasteiger partial charge in [-0.2, -0.15) is 0 Å². The van der Waals surface area contributed by atoms with Gasteiger partial charge in [0.15, 0.2) is 0 Å².